The molecule has 0 spiro atoms. The molecule has 2 aromatic carbocycles. The van der Waals surface area contributed by atoms with E-state index in [0.29, 0.717) is 25.9 Å². The van der Waals surface area contributed by atoms with Crippen LogP contribution in [0.4, 0.5) is 15.8 Å². The van der Waals surface area contributed by atoms with Crippen LogP contribution in [0.25, 0.3) is 0 Å². The van der Waals surface area contributed by atoms with Crippen LogP contribution in [-0.4, -0.2) is 43.9 Å². The summed E-state index contributed by atoms with van der Waals surface area (Å²) >= 11 is 0. The first-order chi connectivity index (χ1) is 13.0. The standard InChI is InChI=1S/C21H24FN3O2/c1-24(2)17-9-7-16(8-10-17)23-20(26)15-11-13-25(14-12-15)21(27)18-5-3-4-6-19(18)22/h3-10,15H,11-14H2,1-2H3,(H,23,26). The second kappa shape index (κ2) is 8.20. The van der Waals surface area contributed by atoms with Gasteiger partial charge < -0.3 is 15.1 Å². The molecule has 0 unspecified atom stereocenters. The van der Waals surface area contributed by atoms with E-state index < -0.39 is 5.82 Å². The maximum atomic E-state index is 13.8. The second-order valence-electron chi connectivity index (χ2n) is 6.98. The molecule has 1 N–H and O–H groups in total. The molecule has 0 radical (unpaired) electrons. The van der Waals surface area contributed by atoms with E-state index in [9.17, 15) is 14.0 Å². The molecular formula is C21H24FN3O2. The van der Waals surface area contributed by atoms with Gasteiger partial charge in [-0.3, -0.25) is 9.59 Å². The Morgan fingerprint density at radius 2 is 1.67 bits per heavy atom. The Balaban J connectivity index is 1.55. The number of nitrogens with zero attached hydrogens (tertiary/aromatic N) is 2. The largest absolute Gasteiger partial charge is 0.378 e. The topological polar surface area (TPSA) is 52.7 Å². The summed E-state index contributed by atoms with van der Waals surface area (Å²) in [5.74, 6) is -1.01. The molecule has 2 amide bonds. The van der Waals surface area contributed by atoms with Crippen molar-refractivity contribution in [2.45, 2.75) is 12.8 Å². The van der Waals surface area contributed by atoms with E-state index in [2.05, 4.69) is 5.32 Å². The number of piperidine rings is 1. The summed E-state index contributed by atoms with van der Waals surface area (Å²) in [5.41, 5.74) is 1.91. The number of carbonyl (C=O) groups excluding carboxylic acids is 2. The maximum Gasteiger partial charge on any atom is 0.256 e. The quantitative estimate of drug-likeness (QED) is 0.899. The predicted octanol–water partition coefficient (Wildman–Crippen LogP) is 3.38. The molecule has 0 saturated carbocycles. The normalized spacial score (nSPS) is 14.7. The van der Waals surface area contributed by atoms with Crippen LogP contribution in [0.1, 0.15) is 23.2 Å². The Morgan fingerprint density at radius 1 is 1.04 bits per heavy atom. The van der Waals surface area contributed by atoms with Crippen molar-refractivity contribution in [2.24, 2.45) is 5.92 Å². The SMILES string of the molecule is CN(C)c1ccc(NC(=O)C2CCN(C(=O)c3ccccc3F)CC2)cc1. The van der Waals surface area contributed by atoms with Crippen molar-refractivity contribution in [1.29, 1.82) is 0 Å². The summed E-state index contributed by atoms with van der Waals surface area (Å²) in [4.78, 5) is 28.6. The Bertz CT molecular complexity index is 812. The molecule has 2 aromatic rings. The molecule has 142 valence electrons. The van der Waals surface area contributed by atoms with Gasteiger partial charge in [-0.15, -0.1) is 0 Å². The lowest BCUT2D eigenvalue weighted by molar-refractivity contribution is -0.121. The van der Waals surface area contributed by atoms with Crippen LogP contribution in [0.2, 0.25) is 0 Å². The lowest BCUT2D eigenvalue weighted by Crippen LogP contribution is -2.41. The number of anilines is 2. The van der Waals surface area contributed by atoms with E-state index in [1.54, 1.807) is 17.0 Å². The molecule has 27 heavy (non-hydrogen) atoms. The van der Waals surface area contributed by atoms with Crippen LogP contribution in [0.3, 0.4) is 0 Å². The fraction of sp³-hybridized carbons (Fsp3) is 0.333. The van der Waals surface area contributed by atoms with Gasteiger partial charge in [0, 0.05) is 44.5 Å². The lowest BCUT2D eigenvalue weighted by atomic mass is 9.95. The molecular weight excluding hydrogens is 345 g/mol. The first-order valence-electron chi connectivity index (χ1n) is 9.08. The van der Waals surface area contributed by atoms with Gasteiger partial charge in [0.2, 0.25) is 5.91 Å². The van der Waals surface area contributed by atoms with Crippen LogP contribution in [-0.2, 0) is 4.79 Å². The third-order valence-corrected chi connectivity index (χ3v) is 4.91. The molecule has 5 nitrogen and oxygen atoms in total. The van der Waals surface area contributed by atoms with Gasteiger partial charge >= 0.3 is 0 Å². The molecule has 0 bridgehead atoms. The van der Waals surface area contributed by atoms with E-state index in [0.717, 1.165) is 11.4 Å². The highest BCUT2D eigenvalue weighted by Gasteiger charge is 2.28. The van der Waals surface area contributed by atoms with Gasteiger partial charge in [0.15, 0.2) is 0 Å². The number of amides is 2. The summed E-state index contributed by atoms with van der Waals surface area (Å²) in [6.07, 6.45) is 1.14. The van der Waals surface area contributed by atoms with Gasteiger partial charge in [-0.1, -0.05) is 12.1 Å². The van der Waals surface area contributed by atoms with Crippen LogP contribution in [0, 0.1) is 11.7 Å². The highest BCUT2D eigenvalue weighted by atomic mass is 19.1. The molecule has 1 aliphatic heterocycles. The molecule has 1 aliphatic rings. The number of rotatable bonds is 4. The maximum absolute atomic E-state index is 13.8. The van der Waals surface area contributed by atoms with E-state index in [-0.39, 0.29) is 23.3 Å². The number of hydrogen-bond acceptors (Lipinski definition) is 3. The smallest absolute Gasteiger partial charge is 0.256 e. The highest BCUT2D eigenvalue weighted by molar-refractivity contribution is 5.95. The molecule has 1 heterocycles. The van der Waals surface area contributed by atoms with Gasteiger partial charge in [-0.25, -0.2) is 4.39 Å². The zero-order valence-electron chi connectivity index (χ0n) is 15.6. The summed E-state index contributed by atoms with van der Waals surface area (Å²) in [6.45, 7) is 0.898. The second-order valence-corrected chi connectivity index (χ2v) is 6.98. The van der Waals surface area contributed by atoms with Crippen molar-refractivity contribution in [3.05, 3.63) is 59.9 Å². The van der Waals surface area contributed by atoms with Crippen LogP contribution >= 0.6 is 0 Å². The van der Waals surface area contributed by atoms with E-state index in [1.807, 2.05) is 43.3 Å². The van der Waals surface area contributed by atoms with Crippen LogP contribution in [0.15, 0.2) is 48.5 Å². The van der Waals surface area contributed by atoms with E-state index in [1.165, 1.54) is 12.1 Å². The van der Waals surface area contributed by atoms with Gasteiger partial charge in [0.1, 0.15) is 5.82 Å². The molecule has 1 fully saturated rings. The number of carbonyl (C=O) groups is 2. The monoisotopic (exact) mass is 369 g/mol. The molecule has 3 rings (SSSR count). The Hall–Kier alpha value is -2.89. The zero-order chi connectivity index (χ0) is 19.4. The summed E-state index contributed by atoms with van der Waals surface area (Å²) < 4.78 is 13.8. The minimum atomic E-state index is -0.511. The van der Waals surface area contributed by atoms with Crippen molar-refractivity contribution in [3.8, 4) is 0 Å². The van der Waals surface area contributed by atoms with E-state index in [4.69, 9.17) is 0 Å². The number of hydrogen-bond donors (Lipinski definition) is 1. The fourth-order valence-corrected chi connectivity index (χ4v) is 3.24. The first kappa shape index (κ1) is 18.9. The fourth-order valence-electron chi connectivity index (χ4n) is 3.24. The summed E-state index contributed by atoms with van der Waals surface area (Å²) in [7, 11) is 3.92. The Morgan fingerprint density at radius 3 is 2.26 bits per heavy atom. The molecule has 0 atom stereocenters. The van der Waals surface area contributed by atoms with Crippen molar-refractivity contribution < 1.29 is 14.0 Å². The lowest BCUT2D eigenvalue weighted by Gasteiger charge is -2.31. The number of benzene rings is 2. The summed E-state index contributed by atoms with van der Waals surface area (Å²) in [5, 5.41) is 2.94. The minimum Gasteiger partial charge on any atom is -0.378 e. The van der Waals surface area contributed by atoms with Crippen LogP contribution < -0.4 is 10.2 Å². The molecule has 0 aliphatic carbocycles. The number of nitrogens with one attached hydrogen (secondary N) is 1. The molecule has 6 heteroatoms. The van der Waals surface area contributed by atoms with Gasteiger partial charge in [-0.05, 0) is 49.2 Å². The molecule has 1 saturated heterocycles. The average Bonchev–Trinajstić information content (AvgIpc) is 2.68. The van der Waals surface area contributed by atoms with Gasteiger partial charge in [-0.2, -0.15) is 0 Å². The first-order valence-corrected chi connectivity index (χ1v) is 9.08. The molecule has 0 aromatic heterocycles. The minimum absolute atomic E-state index is 0.0365. The average molecular weight is 369 g/mol. The van der Waals surface area contributed by atoms with Crippen molar-refractivity contribution in [1.82, 2.24) is 4.90 Å². The number of likely N-dealkylation sites (tertiary alicyclic amines) is 1. The highest BCUT2D eigenvalue weighted by Crippen LogP contribution is 2.22. The Kier molecular flexibility index (Phi) is 5.74. The van der Waals surface area contributed by atoms with Gasteiger partial charge in [0.25, 0.3) is 5.91 Å². The van der Waals surface area contributed by atoms with Crippen molar-refractivity contribution in [3.63, 3.8) is 0 Å². The van der Waals surface area contributed by atoms with Crippen LogP contribution in [0.5, 0.6) is 0 Å². The third kappa shape index (κ3) is 4.45. The third-order valence-electron chi connectivity index (χ3n) is 4.91. The van der Waals surface area contributed by atoms with E-state index >= 15 is 0 Å². The van der Waals surface area contributed by atoms with Gasteiger partial charge in [0.05, 0.1) is 5.56 Å². The van der Waals surface area contributed by atoms with Crippen molar-refractivity contribution >= 4 is 23.2 Å². The summed E-state index contributed by atoms with van der Waals surface area (Å²) in [6, 6.07) is 13.7. The zero-order valence-corrected chi connectivity index (χ0v) is 15.6. The predicted molar refractivity (Wildman–Crippen MR) is 104 cm³/mol. The Labute approximate surface area is 158 Å². The van der Waals surface area contributed by atoms with Crippen molar-refractivity contribution in [2.75, 3.05) is 37.4 Å². The number of halogens is 1.